The molecule has 0 bridgehead atoms. The van der Waals surface area contributed by atoms with Crippen LogP contribution in [0.1, 0.15) is 24.5 Å². The van der Waals surface area contributed by atoms with Crippen molar-refractivity contribution in [2.75, 3.05) is 27.8 Å². The van der Waals surface area contributed by atoms with E-state index in [4.69, 9.17) is 9.47 Å². The standard InChI is InChI=1S/C22H30N2O3/c1-17(10-11-18-8-6-5-7-9-18)23-22(25)24(2)15-14-19-12-13-20(26-3)21(16-19)27-4/h5-9,12-13,16-17H,10-11,14-15H2,1-4H3,(H,23,25). The van der Waals surface area contributed by atoms with E-state index in [0.29, 0.717) is 18.0 Å². The molecule has 2 aromatic carbocycles. The van der Waals surface area contributed by atoms with E-state index in [2.05, 4.69) is 17.4 Å². The zero-order chi connectivity index (χ0) is 19.6. The molecule has 1 N–H and O–H groups in total. The van der Waals surface area contributed by atoms with Gasteiger partial charge >= 0.3 is 6.03 Å². The van der Waals surface area contributed by atoms with Crippen molar-refractivity contribution in [1.82, 2.24) is 10.2 Å². The van der Waals surface area contributed by atoms with Crippen molar-refractivity contribution in [2.45, 2.75) is 32.2 Å². The fourth-order valence-corrected chi connectivity index (χ4v) is 2.86. The summed E-state index contributed by atoms with van der Waals surface area (Å²) in [6, 6.07) is 16.2. The second-order valence-corrected chi connectivity index (χ2v) is 6.74. The highest BCUT2D eigenvalue weighted by Gasteiger charge is 2.12. The number of rotatable bonds is 9. The molecule has 27 heavy (non-hydrogen) atoms. The largest absolute Gasteiger partial charge is 0.493 e. The van der Waals surface area contributed by atoms with Crippen LogP contribution < -0.4 is 14.8 Å². The predicted molar refractivity (Wildman–Crippen MR) is 109 cm³/mol. The Bertz CT molecular complexity index is 719. The number of hydrogen-bond donors (Lipinski definition) is 1. The summed E-state index contributed by atoms with van der Waals surface area (Å²) in [6.45, 7) is 2.68. The topological polar surface area (TPSA) is 50.8 Å². The van der Waals surface area contributed by atoms with Crippen molar-refractivity contribution in [3.8, 4) is 11.5 Å². The SMILES string of the molecule is COc1ccc(CCN(C)C(=O)NC(C)CCc2ccccc2)cc1OC. The third-order valence-corrected chi connectivity index (χ3v) is 4.61. The van der Waals surface area contributed by atoms with Gasteiger partial charge in [0, 0.05) is 19.6 Å². The molecule has 2 aromatic rings. The van der Waals surface area contributed by atoms with Gasteiger partial charge in [0.15, 0.2) is 11.5 Å². The third-order valence-electron chi connectivity index (χ3n) is 4.61. The average molecular weight is 370 g/mol. The summed E-state index contributed by atoms with van der Waals surface area (Å²) in [6.07, 6.45) is 2.62. The van der Waals surface area contributed by atoms with Crippen molar-refractivity contribution >= 4 is 6.03 Å². The summed E-state index contributed by atoms with van der Waals surface area (Å²) >= 11 is 0. The second-order valence-electron chi connectivity index (χ2n) is 6.74. The van der Waals surface area contributed by atoms with Gasteiger partial charge in [0.1, 0.15) is 0 Å². The van der Waals surface area contributed by atoms with Gasteiger partial charge in [-0.2, -0.15) is 0 Å². The van der Waals surface area contributed by atoms with E-state index in [1.54, 1.807) is 19.1 Å². The van der Waals surface area contributed by atoms with E-state index < -0.39 is 0 Å². The van der Waals surface area contributed by atoms with Crippen LogP contribution in [-0.2, 0) is 12.8 Å². The minimum atomic E-state index is -0.0453. The fraction of sp³-hybridized carbons (Fsp3) is 0.409. The highest BCUT2D eigenvalue weighted by molar-refractivity contribution is 5.74. The summed E-state index contributed by atoms with van der Waals surface area (Å²) < 4.78 is 10.6. The van der Waals surface area contributed by atoms with E-state index >= 15 is 0 Å². The van der Waals surface area contributed by atoms with Crippen molar-refractivity contribution in [1.29, 1.82) is 0 Å². The zero-order valence-electron chi connectivity index (χ0n) is 16.7. The maximum Gasteiger partial charge on any atom is 0.317 e. The van der Waals surface area contributed by atoms with Gasteiger partial charge in [0.25, 0.3) is 0 Å². The zero-order valence-corrected chi connectivity index (χ0v) is 16.7. The minimum Gasteiger partial charge on any atom is -0.493 e. The van der Waals surface area contributed by atoms with Crippen LogP contribution in [-0.4, -0.2) is 44.8 Å². The molecule has 1 unspecified atom stereocenters. The van der Waals surface area contributed by atoms with E-state index in [9.17, 15) is 4.79 Å². The first-order valence-electron chi connectivity index (χ1n) is 9.30. The van der Waals surface area contributed by atoms with Gasteiger partial charge in [-0.15, -0.1) is 0 Å². The van der Waals surface area contributed by atoms with E-state index in [1.165, 1.54) is 5.56 Å². The molecule has 0 aliphatic rings. The molecule has 0 spiro atoms. The molecule has 0 radical (unpaired) electrons. The molecule has 1 atom stereocenters. The third kappa shape index (κ3) is 6.51. The minimum absolute atomic E-state index is 0.0453. The number of amides is 2. The number of likely N-dealkylation sites (N-methyl/N-ethyl adjacent to an activating group) is 1. The number of benzene rings is 2. The number of carbonyl (C=O) groups excluding carboxylic acids is 1. The van der Waals surface area contributed by atoms with Crippen LogP contribution in [0, 0.1) is 0 Å². The molecule has 0 aliphatic heterocycles. The van der Waals surface area contributed by atoms with Gasteiger partial charge in [-0.25, -0.2) is 4.79 Å². The number of methoxy groups -OCH3 is 2. The van der Waals surface area contributed by atoms with E-state index in [1.807, 2.05) is 50.4 Å². The van der Waals surface area contributed by atoms with Crippen LogP contribution in [0.25, 0.3) is 0 Å². The predicted octanol–water partition coefficient (Wildman–Crippen LogP) is 3.91. The quantitative estimate of drug-likeness (QED) is 0.728. The molecule has 0 aromatic heterocycles. The van der Waals surface area contributed by atoms with Crippen LogP contribution in [0.5, 0.6) is 11.5 Å². The monoisotopic (exact) mass is 370 g/mol. The Morgan fingerprint density at radius 1 is 1.00 bits per heavy atom. The first-order chi connectivity index (χ1) is 13.0. The normalized spacial score (nSPS) is 11.6. The molecule has 2 rings (SSSR count). The molecule has 0 fully saturated rings. The summed E-state index contributed by atoms with van der Waals surface area (Å²) in [4.78, 5) is 14.1. The maximum atomic E-state index is 12.4. The number of nitrogens with one attached hydrogen (secondary N) is 1. The molecule has 5 heteroatoms. The number of carbonyl (C=O) groups is 1. The lowest BCUT2D eigenvalue weighted by Crippen LogP contribution is -2.42. The van der Waals surface area contributed by atoms with Gasteiger partial charge in [0.05, 0.1) is 14.2 Å². The number of nitrogens with zero attached hydrogens (tertiary/aromatic N) is 1. The average Bonchev–Trinajstić information content (AvgIpc) is 2.70. The van der Waals surface area contributed by atoms with Crippen LogP contribution >= 0.6 is 0 Å². The van der Waals surface area contributed by atoms with Gasteiger partial charge in [-0.3, -0.25) is 0 Å². The van der Waals surface area contributed by atoms with E-state index in [-0.39, 0.29) is 12.1 Å². The van der Waals surface area contributed by atoms with Gasteiger partial charge in [0.2, 0.25) is 0 Å². The van der Waals surface area contributed by atoms with Crippen LogP contribution in [0.2, 0.25) is 0 Å². The fourth-order valence-electron chi connectivity index (χ4n) is 2.86. The molecule has 2 amide bonds. The molecule has 5 nitrogen and oxygen atoms in total. The van der Waals surface area contributed by atoms with Crippen molar-refractivity contribution in [3.05, 3.63) is 59.7 Å². The Labute approximate surface area is 162 Å². The number of hydrogen-bond acceptors (Lipinski definition) is 3. The highest BCUT2D eigenvalue weighted by atomic mass is 16.5. The molecular weight excluding hydrogens is 340 g/mol. The Balaban J connectivity index is 1.78. The molecule has 0 aliphatic carbocycles. The molecular formula is C22H30N2O3. The maximum absolute atomic E-state index is 12.4. The lowest BCUT2D eigenvalue weighted by atomic mass is 10.1. The van der Waals surface area contributed by atoms with Crippen LogP contribution in [0.15, 0.2) is 48.5 Å². The summed E-state index contributed by atoms with van der Waals surface area (Å²) in [7, 11) is 5.06. The Morgan fingerprint density at radius 2 is 1.70 bits per heavy atom. The lowest BCUT2D eigenvalue weighted by Gasteiger charge is -2.21. The molecule has 0 heterocycles. The van der Waals surface area contributed by atoms with Crippen LogP contribution in [0.4, 0.5) is 4.79 Å². The molecule has 0 saturated heterocycles. The van der Waals surface area contributed by atoms with Crippen LogP contribution in [0.3, 0.4) is 0 Å². The number of ether oxygens (including phenoxy) is 2. The number of aryl methyl sites for hydroxylation is 1. The smallest absolute Gasteiger partial charge is 0.317 e. The second kappa shape index (κ2) is 10.5. The summed E-state index contributed by atoms with van der Waals surface area (Å²) in [5.41, 5.74) is 2.39. The van der Waals surface area contributed by atoms with E-state index in [0.717, 1.165) is 24.8 Å². The Morgan fingerprint density at radius 3 is 2.37 bits per heavy atom. The molecule has 0 saturated carbocycles. The Kier molecular flexibility index (Phi) is 7.99. The first kappa shape index (κ1) is 20.6. The lowest BCUT2D eigenvalue weighted by molar-refractivity contribution is 0.205. The van der Waals surface area contributed by atoms with Crippen molar-refractivity contribution in [3.63, 3.8) is 0 Å². The van der Waals surface area contributed by atoms with Gasteiger partial charge in [-0.05, 0) is 49.4 Å². The van der Waals surface area contributed by atoms with Gasteiger partial charge < -0.3 is 19.7 Å². The summed E-state index contributed by atoms with van der Waals surface area (Å²) in [5.74, 6) is 1.41. The van der Waals surface area contributed by atoms with Gasteiger partial charge in [-0.1, -0.05) is 36.4 Å². The molecule has 146 valence electrons. The number of urea groups is 1. The first-order valence-corrected chi connectivity index (χ1v) is 9.30. The summed E-state index contributed by atoms with van der Waals surface area (Å²) in [5, 5.41) is 3.07. The van der Waals surface area contributed by atoms with Crippen molar-refractivity contribution < 1.29 is 14.3 Å². The highest BCUT2D eigenvalue weighted by Crippen LogP contribution is 2.27. The Hall–Kier alpha value is -2.69. The van der Waals surface area contributed by atoms with Crippen molar-refractivity contribution in [2.24, 2.45) is 0 Å².